The molecule has 1 saturated heterocycles. The number of anilines is 1. The minimum absolute atomic E-state index is 0.0981. The lowest BCUT2D eigenvalue weighted by Gasteiger charge is -2.28. The van der Waals surface area contributed by atoms with Crippen LogP contribution in [-0.2, 0) is 4.74 Å². The van der Waals surface area contributed by atoms with Crippen LogP contribution in [0.3, 0.4) is 0 Å². The molecule has 164 valence electrons. The van der Waals surface area contributed by atoms with E-state index < -0.39 is 6.17 Å². The predicted molar refractivity (Wildman–Crippen MR) is 119 cm³/mol. The smallest absolute Gasteiger partial charge is 0.139 e. The van der Waals surface area contributed by atoms with E-state index >= 15 is 0 Å². The Labute approximate surface area is 186 Å². The lowest BCUT2D eigenvalue weighted by molar-refractivity contribution is 0.122. The molecule has 8 heteroatoms. The van der Waals surface area contributed by atoms with Gasteiger partial charge in [-0.2, -0.15) is 5.26 Å². The lowest BCUT2D eigenvalue weighted by Crippen LogP contribution is -2.36. The summed E-state index contributed by atoms with van der Waals surface area (Å²) in [6.07, 6.45) is 0.216. The fourth-order valence-electron chi connectivity index (χ4n) is 3.53. The molecule has 3 heterocycles. The molecule has 1 aliphatic heterocycles. The van der Waals surface area contributed by atoms with Crippen molar-refractivity contribution >= 4 is 5.82 Å². The highest BCUT2D eigenvalue weighted by molar-refractivity contribution is 5.69. The molecule has 0 unspecified atom stereocenters. The topological polar surface area (TPSA) is 97.3 Å². The zero-order valence-electron chi connectivity index (χ0n) is 17.8. The molecule has 3 aromatic rings. The second-order valence-electron chi connectivity index (χ2n) is 7.51. The number of ether oxygens (including phenoxy) is 2. The van der Waals surface area contributed by atoms with Gasteiger partial charge < -0.3 is 20.1 Å². The van der Waals surface area contributed by atoms with Crippen LogP contribution in [0, 0.1) is 18.3 Å². The summed E-state index contributed by atoms with van der Waals surface area (Å²) in [7, 11) is 0. The van der Waals surface area contributed by atoms with E-state index in [0.29, 0.717) is 47.1 Å². The Hall–Kier alpha value is -3.54. The molecule has 1 fully saturated rings. The van der Waals surface area contributed by atoms with E-state index in [2.05, 4.69) is 20.9 Å². The largest absolute Gasteiger partial charge is 0.456 e. The Morgan fingerprint density at radius 2 is 2.03 bits per heavy atom. The minimum Gasteiger partial charge on any atom is -0.456 e. The maximum Gasteiger partial charge on any atom is 0.139 e. The molecule has 2 aromatic heterocycles. The van der Waals surface area contributed by atoms with Crippen LogP contribution in [0.1, 0.15) is 23.0 Å². The Morgan fingerprint density at radius 3 is 2.72 bits per heavy atom. The van der Waals surface area contributed by atoms with E-state index in [-0.39, 0.29) is 6.54 Å². The van der Waals surface area contributed by atoms with Gasteiger partial charge in [-0.3, -0.25) is 4.98 Å². The van der Waals surface area contributed by atoms with Crippen LogP contribution in [0.5, 0.6) is 11.5 Å². The number of halogens is 1. The minimum atomic E-state index is -1.26. The number of hydrogen-bond acceptors (Lipinski definition) is 7. The summed E-state index contributed by atoms with van der Waals surface area (Å²) in [5.74, 6) is 1.91. The molecule has 32 heavy (non-hydrogen) atoms. The molecular weight excluding hydrogens is 409 g/mol. The van der Waals surface area contributed by atoms with Gasteiger partial charge in [0.2, 0.25) is 0 Å². The molecule has 0 aliphatic carbocycles. The standard InChI is InChI=1S/C24H24FN5O2/c1-16-10-19(12-24(29-16)30-6-8-31-9-7-30)32-23-11-17(13-26)2-4-20(23)22-5-3-18(15-28-22)21(25)14-27/h2-5,10-12,15,21H,6-9,14,27H2,1H3/t21-/m1/s1. The highest BCUT2D eigenvalue weighted by Gasteiger charge is 2.16. The molecule has 2 N–H and O–H groups in total. The Balaban J connectivity index is 1.68. The van der Waals surface area contributed by atoms with Crippen molar-refractivity contribution < 1.29 is 13.9 Å². The Kier molecular flexibility index (Phi) is 6.59. The molecule has 7 nitrogen and oxygen atoms in total. The molecule has 0 bridgehead atoms. The summed E-state index contributed by atoms with van der Waals surface area (Å²) >= 11 is 0. The highest BCUT2D eigenvalue weighted by Crippen LogP contribution is 2.35. The zero-order valence-corrected chi connectivity index (χ0v) is 17.8. The Bertz CT molecular complexity index is 1120. The van der Waals surface area contributed by atoms with Crippen molar-refractivity contribution in [2.75, 3.05) is 37.7 Å². The van der Waals surface area contributed by atoms with Crippen LogP contribution in [0.2, 0.25) is 0 Å². The maximum absolute atomic E-state index is 13.8. The van der Waals surface area contributed by atoms with Gasteiger partial charge >= 0.3 is 0 Å². The fourth-order valence-corrected chi connectivity index (χ4v) is 3.53. The summed E-state index contributed by atoms with van der Waals surface area (Å²) in [4.78, 5) is 11.2. The first-order chi connectivity index (χ1) is 15.6. The van der Waals surface area contributed by atoms with Gasteiger partial charge in [-0.15, -0.1) is 0 Å². The first-order valence-electron chi connectivity index (χ1n) is 10.4. The number of rotatable bonds is 6. The number of morpholine rings is 1. The molecule has 1 aromatic carbocycles. The molecule has 0 radical (unpaired) electrons. The molecular formula is C24H24FN5O2. The Morgan fingerprint density at radius 1 is 1.22 bits per heavy atom. The van der Waals surface area contributed by atoms with Crippen molar-refractivity contribution in [2.45, 2.75) is 13.1 Å². The van der Waals surface area contributed by atoms with Crippen LogP contribution < -0.4 is 15.4 Å². The van der Waals surface area contributed by atoms with E-state index in [1.165, 1.54) is 6.20 Å². The van der Waals surface area contributed by atoms with Crippen LogP contribution in [0.25, 0.3) is 11.3 Å². The first kappa shape index (κ1) is 21.7. The van der Waals surface area contributed by atoms with Crippen molar-refractivity contribution in [1.82, 2.24) is 9.97 Å². The summed E-state index contributed by atoms with van der Waals surface area (Å²) in [5.41, 5.74) is 8.42. The van der Waals surface area contributed by atoms with E-state index in [4.69, 9.17) is 15.2 Å². The SMILES string of the molecule is Cc1cc(Oc2cc(C#N)ccc2-c2ccc([C@H](F)CN)cn2)cc(N2CCOCC2)n1. The zero-order chi connectivity index (χ0) is 22.5. The van der Waals surface area contributed by atoms with E-state index in [0.717, 1.165) is 24.6 Å². The van der Waals surface area contributed by atoms with Crippen LogP contribution in [-0.4, -0.2) is 42.8 Å². The number of alkyl halides is 1. The number of nitrogens with zero attached hydrogens (tertiary/aromatic N) is 4. The second kappa shape index (κ2) is 9.73. The van der Waals surface area contributed by atoms with E-state index in [1.54, 1.807) is 30.3 Å². The lowest BCUT2D eigenvalue weighted by atomic mass is 10.1. The van der Waals surface area contributed by atoms with Crippen molar-refractivity contribution in [3.05, 3.63) is 65.5 Å². The van der Waals surface area contributed by atoms with E-state index in [9.17, 15) is 9.65 Å². The van der Waals surface area contributed by atoms with Gasteiger partial charge in [0.05, 0.1) is 30.5 Å². The number of nitrogens with two attached hydrogens (primary N) is 1. The number of pyridine rings is 2. The van der Waals surface area contributed by atoms with Crippen molar-refractivity contribution in [1.29, 1.82) is 5.26 Å². The third kappa shape index (κ3) is 4.85. The number of aromatic nitrogens is 2. The van der Waals surface area contributed by atoms with Gasteiger partial charge in [-0.1, -0.05) is 6.07 Å². The van der Waals surface area contributed by atoms with Gasteiger partial charge in [0.15, 0.2) is 0 Å². The number of benzene rings is 1. The van der Waals surface area contributed by atoms with Crippen molar-refractivity contribution in [2.24, 2.45) is 5.73 Å². The van der Waals surface area contributed by atoms with Gasteiger partial charge in [0.1, 0.15) is 23.5 Å². The number of hydrogen-bond donors (Lipinski definition) is 1. The van der Waals surface area contributed by atoms with Crippen LogP contribution in [0.15, 0.2) is 48.7 Å². The second-order valence-corrected chi connectivity index (χ2v) is 7.51. The average molecular weight is 433 g/mol. The van der Waals surface area contributed by atoms with Crippen LogP contribution >= 0.6 is 0 Å². The van der Waals surface area contributed by atoms with Gasteiger partial charge in [0.25, 0.3) is 0 Å². The van der Waals surface area contributed by atoms with Crippen molar-refractivity contribution in [3.8, 4) is 28.8 Å². The fraction of sp³-hybridized carbons (Fsp3) is 0.292. The number of nitriles is 1. The molecule has 1 atom stereocenters. The molecule has 0 saturated carbocycles. The van der Waals surface area contributed by atoms with E-state index in [1.807, 2.05) is 19.1 Å². The van der Waals surface area contributed by atoms with Gasteiger partial charge in [-0.05, 0) is 31.2 Å². The molecule has 0 amide bonds. The summed E-state index contributed by atoms with van der Waals surface area (Å²) in [5, 5.41) is 9.37. The average Bonchev–Trinajstić information content (AvgIpc) is 2.84. The van der Waals surface area contributed by atoms with Gasteiger partial charge in [0, 0.05) is 54.8 Å². The third-order valence-electron chi connectivity index (χ3n) is 5.22. The van der Waals surface area contributed by atoms with Gasteiger partial charge in [-0.25, -0.2) is 9.37 Å². The third-order valence-corrected chi connectivity index (χ3v) is 5.22. The number of aryl methyl sites for hydroxylation is 1. The van der Waals surface area contributed by atoms with Crippen molar-refractivity contribution in [3.63, 3.8) is 0 Å². The quantitative estimate of drug-likeness (QED) is 0.629. The monoisotopic (exact) mass is 433 g/mol. The first-order valence-corrected chi connectivity index (χ1v) is 10.4. The normalized spacial score (nSPS) is 14.6. The summed E-state index contributed by atoms with van der Waals surface area (Å²) < 4.78 is 25.5. The molecule has 4 rings (SSSR count). The maximum atomic E-state index is 13.8. The predicted octanol–water partition coefficient (Wildman–Crippen LogP) is 3.92. The van der Waals surface area contributed by atoms with Crippen LogP contribution in [0.4, 0.5) is 10.2 Å². The highest BCUT2D eigenvalue weighted by atomic mass is 19.1. The molecule has 0 spiro atoms. The molecule has 1 aliphatic rings. The summed E-state index contributed by atoms with van der Waals surface area (Å²) in [6.45, 7) is 4.66. The summed E-state index contributed by atoms with van der Waals surface area (Å²) in [6, 6.07) is 14.4.